The van der Waals surface area contributed by atoms with Crippen molar-refractivity contribution in [2.45, 2.75) is 13.8 Å². The molecule has 0 bridgehead atoms. The lowest BCUT2D eigenvalue weighted by Gasteiger charge is -2.18. The van der Waals surface area contributed by atoms with Gasteiger partial charge in [0, 0.05) is 12.4 Å². The number of carboxylic acid groups (broad SMARTS) is 1. The van der Waals surface area contributed by atoms with Crippen LogP contribution in [0.15, 0.2) is 36.0 Å². The van der Waals surface area contributed by atoms with Crippen LogP contribution in [0.25, 0.3) is 5.69 Å². The maximum Gasteiger partial charge on any atom is 0.417 e. The van der Waals surface area contributed by atoms with Gasteiger partial charge >= 0.3 is 6.09 Å². The third-order valence-corrected chi connectivity index (χ3v) is 4.69. The van der Waals surface area contributed by atoms with Crippen LogP contribution >= 0.6 is 22.9 Å². The predicted octanol–water partition coefficient (Wildman–Crippen LogP) is 4.42. The van der Waals surface area contributed by atoms with Gasteiger partial charge in [-0.1, -0.05) is 11.6 Å². The summed E-state index contributed by atoms with van der Waals surface area (Å²) in [5.74, 6) is 0. The van der Waals surface area contributed by atoms with Crippen LogP contribution < -0.4 is 4.90 Å². The van der Waals surface area contributed by atoms with Gasteiger partial charge < -0.3 is 5.11 Å². The molecule has 0 radical (unpaired) electrons. The van der Waals surface area contributed by atoms with Crippen LogP contribution in [0.3, 0.4) is 0 Å². The molecule has 3 heterocycles. The molecule has 1 amide bonds. The van der Waals surface area contributed by atoms with E-state index in [0.29, 0.717) is 27.1 Å². The zero-order chi connectivity index (χ0) is 16.6. The maximum absolute atomic E-state index is 11.8. The molecule has 0 fully saturated rings. The molecular weight excluding hydrogens is 336 g/mol. The van der Waals surface area contributed by atoms with Crippen molar-refractivity contribution in [3.8, 4) is 5.69 Å². The van der Waals surface area contributed by atoms with Crippen molar-refractivity contribution in [3.63, 3.8) is 0 Å². The molecule has 0 aliphatic rings. The molecule has 0 saturated carbocycles. The van der Waals surface area contributed by atoms with Gasteiger partial charge in [-0.3, -0.25) is 4.98 Å². The van der Waals surface area contributed by atoms with Crippen molar-refractivity contribution in [1.29, 1.82) is 0 Å². The molecule has 3 aromatic heterocycles. The first-order valence-corrected chi connectivity index (χ1v) is 7.99. The molecule has 0 saturated heterocycles. The Kier molecular flexibility index (Phi) is 4.06. The number of halogens is 1. The van der Waals surface area contributed by atoms with Crippen LogP contribution in [0.5, 0.6) is 0 Å². The van der Waals surface area contributed by atoms with Gasteiger partial charge in [0.15, 0.2) is 0 Å². The summed E-state index contributed by atoms with van der Waals surface area (Å²) in [6, 6.07) is 5.30. The quantitative estimate of drug-likeness (QED) is 0.760. The van der Waals surface area contributed by atoms with E-state index in [1.54, 1.807) is 35.4 Å². The summed E-state index contributed by atoms with van der Waals surface area (Å²) in [5, 5.41) is 16.8. The largest absolute Gasteiger partial charge is 0.464 e. The van der Waals surface area contributed by atoms with Gasteiger partial charge in [-0.2, -0.15) is 5.10 Å². The molecule has 3 rings (SSSR count). The van der Waals surface area contributed by atoms with Crippen LogP contribution in [0.2, 0.25) is 5.02 Å². The highest BCUT2D eigenvalue weighted by Gasteiger charge is 2.27. The van der Waals surface area contributed by atoms with E-state index in [-0.39, 0.29) is 0 Å². The van der Waals surface area contributed by atoms with Gasteiger partial charge in [0.2, 0.25) is 0 Å². The van der Waals surface area contributed by atoms with Crippen LogP contribution in [-0.2, 0) is 0 Å². The minimum absolute atomic E-state index is 0.396. The van der Waals surface area contributed by atoms with Crippen LogP contribution in [-0.4, -0.2) is 26.0 Å². The molecule has 0 atom stereocenters. The number of pyridine rings is 1. The molecule has 8 heteroatoms. The van der Waals surface area contributed by atoms with E-state index in [2.05, 4.69) is 10.1 Å². The van der Waals surface area contributed by atoms with E-state index in [1.165, 1.54) is 16.2 Å². The van der Waals surface area contributed by atoms with Crippen molar-refractivity contribution < 1.29 is 9.90 Å². The average Bonchev–Trinajstić information content (AvgIpc) is 3.07. The van der Waals surface area contributed by atoms with Gasteiger partial charge in [-0.05, 0) is 37.4 Å². The monoisotopic (exact) mass is 348 g/mol. The Morgan fingerprint density at radius 2 is 2.00 bits per heavy atom. The Bertz CT molecular complexity index is 860. The minimum Gasteiger partial charge on any atom is -0.464 e. The van der Waals surface area contributed by atoms with E-state index < -0.39 is 6.09 Å². The minimum atomic E-state index is -1.10. The molecule has 3 aromatic rings. The summed E-state index contributed by atoms with van der Waals surface area (Å²) < 4.78 is 1.70. The summed E-state index contributed by atoms with van der Waals surface area (Å²) in [6.07, 6.45) is 2.22. The Morgan fingerprint density at radius 3 is 2.57 bits per heavy atom. The Morgan fingerprint density at radius 1 is 1.30 bits per heavy atom. The van der Waals surface area contributed by atoms with E-state index in [9.17, 15) is 9.90 Å². The summed E-state index contributed by atoms with van der Waals surface area (Å²) >= 11 is 7.40. The highest BCUT2D eigenvalue weighted by molar-refractivity contribution is 7.15. The zero-order valence-corrected chi connectivity index (χ0v) is 14.0. The first kappa shape index (κ1) is 15.5. The van der Waals surface area contributed by atoms with Crippen molar-refractivity contribution in [1.82, 2.24) is 14.8 Å². The summed E-state index contributed by atoms with van der Waals surface area (Å²) in [5.41, 5.74) is 2.64. The number of rotatable bonds is 3. The Balaban J connectivity index is 2.18. The van der Waals surface area contributed by atoms with Crippen molar-refractivity contribution >= 4 is 39.7 Å². The summed E-state index contributed by atoms with van der Waals surface area (Å²) in [4.78, 5) is 17.0. The number of hydrogen-bond donors (Lipinski definition) is 1. The number of amides is 1. The SMILES string of the molecule is Cc1nn(-c2ccncc2)c(C)c1N(C(=O)O)c1sccc1Cl. The van der Waals surface area contributed by atoms with Gasteiger partial charge in [0.05, 0.1) is 27.8 Å². The second kappa shape index (κ2) is 6.02. The van der Waals surface area contributed by atoms with E-state index >= 15 is 0 Å². The number of aryl methyl sites for hydroxylation is 1. The highest BCUT2D eigenvalue weighted by Crippen LogP contribution is 2.39. The normalized spacial score (nSPS) is 10.7. The number of hydrogen-bond acceptors (Lipinski definition) is 4. The van der Waals surface area contributed by atoms with Crippen LogP contribution in [0.4, 0.5) is 15.5 Å². The maximum atomic E-state index is 11.8. The average molecular weight is 349 g/mol. The van der Waals surface area contributed by atoms with Gasteiger partial charge in [0.1, 0.15) is 5.00 Å². The van der Waals surface area contributed by atoms with Crippen molar-refractivity contribution in [3.05, 3.63) is 52.4 Å². The fourth-order valence-electron chi connectivity index (χ4n) is 2.42. The van der Waals surface area contributed by atoms with Crippen LogP contribution in [0.1, 0.15) is 11.4 Å². The first-order chi connectivity index (χ1) is 11.0. The second-order valence-electron chi connectivity index (χ2n) is 4.83. The van der Waals surface area contributed by atoms with Gasteiger partial charge in [-0.15, -0.1) is 11.3 Å². The Labute approximate surface area is 141 Å². The lowest BCUT2D eigenvalue weighted by atomic mass is 10.2. The molecule has 0 aliphatic carbocycles. The number of carbonyl (C=O) groups is 1. The molecule has 1 N–H and O–H groups in total. The number of nitrogens with zero attached hydrogens (tertiary/aromatic N) is 4. The van der Waals surface area contributed by atoms with E-state index in [4.69, 9.17) is 11.6 Å². The third kappa shape index (κ3) is 2.69. The fraction of sp³-hybridized carbons (Fsp3) is 0.133. The van der Waals surface area contributed by atoms with Gasteiger partial charge in [-0.25, -0.2) is 14.4 Å². The predicted molar refractivity (Wildman–Crippen MR) is 90.3 cm³/mol. The smallest absolute Gasteiger partial charge is 0.417 e. The molecule has 0 spiro atoms. The standard InChI is InChI=1S/C15H13ClN4O2S/c1-9-13(19(15(21)22)14-12(16)5-8-23-14)10(2)20(18-9)11-3-6-17-7-4-11/h3-8H,1-2H3,(H,21,22). The third-order valence-electron chi connectivity index (χ3n) is 3.38. The highest BCUT2D eigenvalue weighted by atomic mass is 35.5. The van der Waals surface area contributed by atoms with E-state index in [1.807, 2.05) is 19.1 Å². The summed E-state index contributed by atoms with van der Waals surface area (Å²) in [7, 11) is 0. The number of aromatic nitrogens is 3. The first-order valence-electron chi connectivity index (χ1n) is 6.73. The van der Waals surface area contributed by atoms with Crippen molar-refractivity contribution in [2.24, 2.45) is 0 Å². The second-order valence-corrected chi connectivity index (χ2v) is 6.13. The summed E-state index contributed by atoms with van der Waals surface area (Å²) in [6.45, 7) is 3.60. The molecule has 6 nitrogen and oxygen atoms in total. The lowest BCUT2D eigenvalue weighted by molar-refractivity contribution is 0.205. The molecule has 23 heavy (non-hydrogen) atoms. The molecule has 0 unspecified atom stereocenters. The number of anilines is 2. The fourth-order valence-corrected chi connectivity index (χ4v) is 3.57. The zero-order valence-electron chi connectivity index (χ0n) is 12.4. The molecule has 118 valence electrons. The van der Waals surface area contributed by atoms with Crippen molar-refractivity contribution in [2.75, 3.05) is 4.90 Å². The van der Waals surface area contributed by atoms with Gasteiger partial charge in [0.25, 0.3) is 0 Å². The lowest BCUT2D eigenvalue weighted by Crippen LogP contribution is -2.24. The molecular formula is C15H13ClN4O2S. The Hall–Kier alpha value is -2.38. The number of thiophene rings is 1. The van der Waals surface area contributed by atoms with Crippen LogP contribution in [0, 0.1) is 13.8 Å². The topological polar surface area (TPSA) is 71.2 Å². The van der Waals surface area contributed by atoms with E-state index in [0.717, 1.165) is 5.69 Å². The molecule has 0 aromatic carbocycles. The molecule has 0 aliphatic heterocycles.